The van der Waals surface area contributed by atoms with Crippen LogP contribution in [0.3, 0.4) is 0 Å². The summed E-state index contributed by atoms with van der Waals surface area (Å²) >= 11 is 2.21. The first-order valence-corrected chi connectivity index (χ1v) is 7.91. The SMILES string of the molecule is C=CC(=O)N1CCC(C(=O)NNc2ccccc2I)CC1. The van der Waals surface area contributed by atoms with Gasteiger partial charge in [0.25, 0.3) is 0 Å². The van der Waals surface area contributed by atoms with Crippen LogP contribution in [0.5, 0.6) is 0 Å². The van der Waals surface area contributed by atoms with Crippen molar-refractivity contribution in [2.45, 2.75) is 12.8 Å². The van der Waals surface area contributed by atoms with E-state index in [2.05, 4.69) is 40.0 Å². The van der Waals surface area contributed by atoms with Crippen molar-refractivity contribution >= 4 is 40.1 Å². The number of nitrogens with one attached hydrogen (secondary N) is 2. The van der Waals surface area contributed by atoms with Crippen molar-refractivity contribution in [3.05, 3.63) is 40.5 Å². The first kappa shape index (κ1) is 15.8. The van der Waals surface area contributed by atoms with Gasteiger partial charge in [0.15, 0.2) is 0 Å². The minimum atomic E-state index is -0.0641. The van der Waals surface area contributed by atoms with Crippen LogP contribution < -0.4 is 10.9 Å². The van der Waals surface area contributed by atoms with Crippen molar-refractivity contribution < 1.29 is 9.59 Å². The van der Waals surface area contributed by atoms with Gasteiger partial charge in [0, 0.05) is 22.6 Å². The van der Waals surface area contributed by atoms with Crippen molar-refractivity contribution in [2.75, 3.05) is 18.5 Å². The fraction of sp³-hybridized carbons (Fsp3) is 0.333. The summed E-state index contributed by atoms with van der Waals surface area (Å²) in [4.78, 5) is 25.3. The number of hydrogen-bond acceptors (Lipinski definition) is 3. The Bertz CT molecular complexity index is 539. The fourth-order valence-corrected chi connectivity index (χ4v) is 2.81. The van der Waals surface area contributed by atoms with Gasteiger partial charge in [-0.1, -0.05) is 18.7 Å². The molecule has 0 bridgehead atoms. The lowest BCUT2D eigenvalue weighted by molar-refractivity contribution is -0.131. The Kier molecular flexibility index (Phi) is 5.60. The van der Waals surface area contributed by atoms with E-state index in [0.29, 0.717) is 25.9 Å². The van der Waals surface area contributed by atoms with Gasteiger partial charge in [0.2, 0.25) is 11.8 Å². The summed E-state index contributed by atoms with van der Waals surface area (Å²) in [6, 6.07) is 7.74. The number of para-hydroxylation sites is 1. The number of rotatable bonds is 4. The molecule has 1 saturated heterocycles. The number of piperidine rings is 1. The third-order valence-electron chi connectivity index (χ3n) is 3.55. The van der Waals surface area contributed by atoms with E-state index in [1.54, 1.807) is 4.90 Å². The first-order chi connectivity index (χ1) is 10.1. The molecule has 1 aliphatic heterocycles. The number of carbonyl (C=O) groups excluding carboxylic acids is 2. The Morgan fingerprint density at radius 3 is 2.57 bits per heavy atom. The van der Waals surface area contributed by atoms with Crippen LogP contribution in [0.2, 0.25) is 0 Å². The molecule has 2 amide bonds. The highest BCUT2D eigenvalue weighted by atomic mass is 127. The summed E-state index contributed by atoms with van der Waals surface area (Å²) in [5, 5.41) is 0. The highest BCUT2D eigenvalue weighted by Crippen LogP contribution is 2.19. The standard InChI is InChI=1S/C15H18IN3O2/c1-2-14(20)19-9-7-11(8-10-19)15(21)18-17-13-6-4-3-5-12(13)16/h2-6,11,17H,1,7-10H2,(H,18,21). The molecule has 1 aliphatic rings. The van der Waals surface area contributed by atoms with Gasteiger partial charge >= 0.3 is 0 Å². The number of hydrazine groups is 1. The Morgan fingerprint density at radius 2 is 1.95 bits per heavy atom. The lowest BCUT2D eigenvalue weighted by atomic mass is 9.96. The van der Waals surface area contributed by atoms with E-state index in [-0.39, 0.29) is 17.7 Å². The predicted octanol–water partition coefficient (Wildman–Crippen LogP) is 2.16. The zero-order valence-corrected chi connectivity index (χ0v) is 13.8. The molecule has 0 saturated carbocycles. The van der Waals surface area contributed by atoms with Crippen LogP contribution in [0.1, 0.15) is 12.8 Å². The Balaban J connectivity index is 1.81. The van der Waals surface area contributed by atoms with Crippen LogP contribution in [0.15, 0.2) is 36.9 Å². The van der Waals surface area contributed by atoms with Crippen LogP contribution in [-0.4, -0.2) is 29.8 Å². The van der Waals surface area contributed by atoms with E-state index < -0.39 is 0 Å². The van der Waals surface area contributed by atoms with Gasteiger partial charge in [-0.2, -0.15) is 0 Å². The van der Waals surface area contributed by atoms with Crippen LogP contribution in [0.25, 0.3) is 0 Å². The molecule has 0 radical (unpaired) electrons. The van der Waals surface area contributed by atoms with Gasteiger partial charge in [-0.3, -0.25) is 20.4 Å². The minimum absolute atomic E-state index is 0.0274. The first-order valence-electron chi connectivity index (χ1n) is 6.83. The third-order valence-corrected chi connectivity index (χ3v) is 4.49. The summed E-state index contributed by atoms with van der Waals surface area (Å²) in [6.45, 7) is 4.69. The molecular weight excluding hydrogens is 381 g/mol. The lowest BCUT2D eigenvalue weighted by Crippen LogP contribution is -2.43. The number of carbonyl (C=O) groups is 2. The summed E-state index contributed by atoms with van der Waals surface area (Å²) < 4.78 is 1.04. The molecule has 5 nitrogen and oxygen atoms in total. The zero-order chi connectivity index (χ0) is 15.2. The average molecular weight is 399 g/mol. The Hall–Kier alpha value is -1.57. The number of anilines is 1. The van der Waals surface area contributed by atoms with Crippen molar-refractivity contribution in [3.8, 4) is 0 Å². The molecule has 112 valence electrons. The van der Waals surface area contributed by atoms with Crippen LogP contribution in [-0.2, 0) is 9.59 Å². The minimum Gasteiger partial charge on any atom is -0.339 e. The van der Waals surface area contributed by atoms with E-state index in [1.165, 1.54) is 6.08 Å². The maximum atomic E-state index is 12.1. The molecule has 1 heterocycles. The predicted molar refractivity (Wildman–Crippen MR) is 90.4 cm³/mol. The van der Waals surface area contributed by atoms with E-state index in [4.69, 9.17) is 0 Å². The van der Waals surface area contributed by atoms with Gasteiger partial charge in [0.05, 0.1) is 5.69 Å². The van der Waals surface area contributed by atoms with Crippen molar-refractivity contribution in [2.24, 2.45) is 5.92 Å². The van der Waals surface area contributed by atoms with Crippen molar-refractivity contribution in [3.63, 3.8) is 0 Å². The van der Waals surface area contributed by atoms with Gasteiger partial charge in [0.1, 0.15) is 0 Å². The van der Waals surface area contributed by atoms with Crippen LogP contribution in [0.4, 0.5) is 5.69 Å². The number of amides is 2. The van der Waals surface area contributed by atoms with Crippen molar-refractivity contribution in [1.29, 1.82) is 0 Å². The van der Waals surface area contributed by atoms with E-state index in [9.17, 15) is 9.59 Å². The molecule has 0 spiro atoms. The molecule has 2 N–H and O–H groups in total. The Morgan fingerprint density at radius 1 is 1.29 bits per heavy atom. The molecule has 1 aromatic carbocycles. The van der Waals surface area contributed by atoms with E-state index in [0.717, 1.165) is 9.26 Å². The van der Waals surface area contributed by atoms with Gasteiger partial charge in [-0.05, 0) is 53.6 Å². The topological polar surface area (TPSA) is 61.4 Å². The molecule has 0 aliphatic carbocycles. The number of benzene rings is 1. The quantitative estimate of drug-likeness (QED) is 0.464. The summed E-state index contributed by atoms with van der Waals surface area (Å²) in [5.74, 6) is -0.154. The van der Waals surface area contributed by atoms with Gasteiger partial charge in [-0.15, -0.1) is 0 Å². The highest BCUT2D eigenvalue weighted by Gasteiger charge is 2.26. The number of nitrogens with zero attached hydrogens (tertiary/aromatic N) is 1. The second-order valence-electron chi connectivity index (χ2n) is 4.90. The second kappa shape index (κ2) is 7.44. The number of halogens is 1. The Labute approximate surface area is 137 Å². The maximum absolute atomic E-state index is 12.1. The summed E-state index contributed by atoms with van der Waals surface area (Å²) in [6.07, 6.45) is 2.68. The van der Waals surface area contributed by atoms with Gasteiger partial charge < -0.3 is 4.90 Å². The maximum Gasteiger partial charge on any atom is 0.245 e. The molecule has 1 fully saturated rings. The average Bonchev–Trinajstić information content (AvgIpc) is 2.53. The smallest absolute Gasteiger partial charge is 0.245 e. The highest BCUT2D eigenvalue weighted by molar-refractivity contribution is 14.1. The molecule has 2 rings (SSSR count). The van der Waals surface area contributed by atoms with Crippen LogP contribution >= 0.6 is 22.6 Å². The number of hydrogen-bond donors (Lipinski definition) is 2. The van der Waals surface area contributed by atoms with Gasteiger partial charge in [-0.25, -0.2) is 0 Å². The molecular formula is C15H18IN3O2. The fourth-order valence-electron chi connectivity index (χ4n) is 2.28. The molecule has 0 unspecified atom stereocenters. The van der Waals surface area contributed by atoms with Crippen LogP contribution in [0, 0.1) is 9.49 Å². The normalized spacial score (nSPS) is 15.4. The molecule has 1 aromatic rings. The lowest BCUT2D eigenvalue weighted by Gasteiger charge is -2.30. The van der Waals surface area contributed by atoms with E-state index >= 15 is 0 Å². The molecule has 6 heteroatoms. The number of likely N-dealkylation sites (tertiary alicyclic amines) is 1. The van der Waals surface area contributed by atoms with E-state index in [1.807, 2.05) is 24.3 Å². The van der Waals surface area contributed by atoms with Crippen molar-refractivity contribution in [1.82, 2.24) is 10.3 Å². The molecule has 21 heavy (non-hydrogen) atoms. The third kappa shape index (κ3) is 4.20. The molecule has 0 aromatic heterocycles. The molecule has 0 atom stereocenters. The summed E-state index contributed by atoms with van der Waals surface area (Å²) in [7, 11) is 0. The zero-order valence-electron chi connectivity index (χ0n) is 11.6. The second-order valence-corrected chi connectivity index (χ2v) is 6.06. The largest absolute Gasteiger partial charge is 0.339 e. The monoisotopic (exact) mass is 399 g/mol. The summed E-state index contributed by atoms with van der Waals surface area (Å²) in [5.41, 5.74) is 6.58.